The molecule has 7 heteroatoms. The molecule has 1 fully saturated rings. The number of primary amides is 1. The van der Waals surface area contributed by atoms with E-state index < -0.39 is 0 Å². The average molecular weight is 406 g/mol. The minimum atomic E-state index is -0.140. The van der Waals surface area contributed by atoms with Crippen molar-refractivity contribution in [3.8, 4) is 0 Å². The molecule has 2 rings (SSSR count). The molecule has 1 saturated heterocycles. The van der Waals surface area contributed by atoms with Crippen LogP contribution in [-0.4, -0.2) is 61.8 Å². The summed E-state index contributed by atoms with van der Waals surface area (Å²) in [5.74, 6) is 0.803. The van der Waals surface area contributed by atoms with Crippen molar-refractivity contribution in [1.82, 2.24) is 15.5 Å². The summed E-state index contributed by atoms with van der Waals surface area (Å²) in [6.45, 7) is 7.07. The van der Waals surface area contributed by atoms with Crippen molar-refractivity contribution in [2.24, 2.45) is 16.6 Å². The molecule has 4 N–H and O–H groups in total. The number of amides is 1. The van der Waals surface area contributed by atoms with E-state index in [4.69, 9.17) is 5.73 Å². The fourth-order valence-electron chi connectivity index (χ4n) is 3.34. The topological polar surface area (TPSA) is 82.8 Å². The Bertz CT molecular complexity index is 602. The third-order valence-corrected chi connectivity index (χ3v) is 6.16. The monoisotopic (exact) mass is 405 g/mol. The van der Waals surface area contributed by atoms with Crippen molar-refractivity contribution in [1.29, 1.82) is 0 Å². The zero-order valence-corrected chi connectivity index (χ0v) is 18.0. The summed E-state index contributed by atoms with van der Waals surface area (Å²) in [5.41, 5.74) is 5.39. The summed E-state index contributed by atoms with van der Waals surface area (Å²) in [4.78, 5) is 19.3. The molecule has 1 unspecified atom stereocenters. The predicted molar refractivity (Wildman–Crippen MR) is 119 cm³/mol. The lowest BCUT2D eigenvalue weighted by Gasteiger charge is -2.30. The van der Waals surface area contributed by atoms with E-state index in [1.165, 1.54) is 4.90 Å². The second-order valence-corrected chi connectivity index (χ2v) is 8.86. The highest BCUT2D eigenvalue weighted by atomic mass is 32.2. The maximum Gasteiger partial charge on any atom is 0.220 e. The van der Waals surface area contributed by atoms with Crippen molar-refractivity contribution in [2.45, 2.75) is 42.8 Å². The number of hydrogen-bond acceptors (Lipinski definition) is 4. The SMILES string of the molecule is CN=C(NCCCCN1CCC(C(N)=O)CC1)NCC(C)Sc1ccccc1. The normalized spacial score (nSPS) is 17.3. The maximum absolute atomic E-state index is 11.2. The minimum Gasteiger partial charge on any atom is -0.369 e. The second-order valence-electron chi connectivity index (χ2n) is 7.35. The third-order valence-electron chi connectivity index (χ3n) is 5.04. The van der Waals surface area contributed by atoms with Gasteiger partial charge in [-0.15, -0.1) is 11.8 Å². The highest BCUT2D eigenvalue weighted by molar-refractivity contribution is 8.00. The molecule has 156 valence electrons. The molecular weight excluding hydrogens is 370 g/mol. The molecule has 0 radical (unpaired) electrons. The number of likely N-dealkylation sites (tertiary alicyclic amines) is 1. The molecule has 1 aromatic carbocycles. The first kappa shape index (κ1) is 22.6. The molecule has 28 heavy (non-hydrogen) atoms. The van der Waals surface area contributed by atoms with Crippen LogP contribution in [0.3, 0.4) is 0 Å². The van der Waals surface area contributed by atoms with E-state index in [1.54, 1.807) is 0 Å². The summed E-state index contributed by atoms with van der Waals surface area (Å²) in [7, 11) is 1.81. The van der Waals surface area contributed by atoms with Crippen LogP contribution in [0.5, 0.6) is 0 Å². The summed E-state index contributed by atoms with van der Waals surface area (Å²) < 4.78 is 0. The van der Waals surface area contributed by atoms with Gasteiger partial charge in [-0.05, 0) is 57.5 Å². The maximum atomic E-state index is 11.2. The van der Waals surface area contributed by atoms with Gasteiger partial charge < -0.3 is 21.3 Å². The lowest BCUT2D eigenvalue weighted by molar-refractivity contribution is -0.123. The molecule has 0 spiro atoms. The van der Waals surface area contributed by atoms with Crippen molar-refractivity contribution >= 4 is 23.6 Å². The molecule has 1 amide bonds. The molecule has 1 heterocycles. The van der Waals surface area contributed by atoms with Gasteiger partial charge in [-0.3, -0.25) is 9.79 Å². The standard InChI is InChI=1S/C21H35N5OS/c1-17(28-19-8-4-3-5-9-19)16-25-21(23-2)24-12-6-7-13-26-14-10-18(11-15-26)20(22)27/h3-5,8-9,17-18H,6-7,10-16H2,1-2H3,(H2,22,27)(H2,23,24,25). The number of carbonyl (C=O) groups excluding carboxylic acids is 1. The molecule has 0 aliphatic carbocycles. The minimum absolute atomic E-state index is 0.0785. The zero-order chi connectivity index (χ0) is 20.2. The van der Waals surface area contributed by atoms with Crippen LogP contribution in [0.25, 0.3) is 0 Å². The van der Waals surface area contributed by atoms with Gasteiger partial charge in [0.05, 0.1) is 0 Å². The number of guanidine groups is 1. The highest BCUT2D eigenvalue weighted by Crippen LogP contribution is 2.21. The number of piperidine rings is 1. The Hall–Kier alpha value is -1.73. The van der Waals surface area contributed by atoms with E-state index in [-0.39, 0.29) is 11.8 Å². The van der Waals surface area contributed by atoms with Crippen LogP contribution in [-0.2, 0) is 4.79 Å². The Balaban J connectivity index is 1.53. The van der Waals surface area contributed by atoms with E-state index >= 15 is 0 Å². The Kier molecular flexibility index (Phi) is 10.2. The van der Waals surface area contributed by atoms with Crippen LogP contribution in [0.2, 0.25) is 0 Å². The molecule has 0 bridgehead atoms. The number of carbonyl (C=O) groups is 1. The average Bonchev–Trinajstić information content (AvgIpc) is 2.71. The number of rotatable bonds is 10. The largest absolute Gasteiger partial charge is 0.369 e. The number of nitrogens with two attached hydrogens (primary N) is 1. The van der Waals surface area contributed by atoms with Crippen LogP contribution in [0.15, 0.2) is 40.2 Å². The van der Waals surface area contributed by atoms with E-state index in [0.29, 0.717) is 5.25 Å². The van der Waals surface area contributed by atoms with Crippen molar-refractivity contribution < 1.29 is 4.79 Å². The molecule has 6 nitrogen and oxygen atoms in total. The van der Waals surface area contributed by atoms with Crippen molar-refractivity contribution in [3.63, 3.8) is 0 Å². The molecule has 1 aliphatic heterocycles. The highest BCUT2D eigenvalue weighted by Gasteiger charge is 2.22. The Morgan fingerprint density at radius 1 is 1.25 bits per heavy atom. The molecule has 1 aliphatic rings. The van der Waals surface area contributed by atoms with Gasteiger partial charge in [0, 0.05) is 36.2 Å². The number of thioether (sulfide) groups is 1. The van der Waals surface area contributed by atoms with Crippen LogP contribution >= 0.6 is 11.8 Å². The number of unbranched alkanes of at least 4 members (excludes halogenated alkanes) is 1. The van der Waals surface area contributed by atoms with Gasteiger partial charge in [0.15, 0.2) is 5.96 Å². The van der Waals surface area contributed by atoms with Gasteiger partial charge in [0.25, 0.3) is 0 Å². The fourth-order valence-corrected chi connectivity index (χ4v) is 4.29. The Labute approximate surface area is 173 Å². The first-order valence-electron chi connectivity index (χ1n) is 10.3. The fraction of sp³-hybridized carbons (Fsp3) is 0.619. The van der Waals surface area contributed by atoms with Gasteiger partial charge in [-0.1, -0.05) is 25.1 Å². The van der Waals surface area contributed by atoms with Gasteiger partial charge in [0.1, 0.15) is 0 Å². The van der Waals surface area contributed by atoms with E-state index in [2.05, 4.69) is 51.7 Å². The smallest absolute Gasteiger partial charge is 0.220 e. The Morgan fingerprint density at radius 3 is 2.61 bits per heavy atom. The molecule has 1 aromatic rings. The van der Waals surface area contributed by atoms with Gasteiger partial charge in [-0.25, -0.2) is 0 Å². The van der Waals surface area contributed by atoms with Gasteiger partial charge in [0.2, 0.25) is 5.91 Å². The summed E-state index contributed by atoms with van der Waals surface area (Å²) in [6, 6.07) is 10.5. The van der Waals surface area contributed by atoms with Crippen LogP contribution in [0, 0.1) is 5.92 Å². The van der Waals surface area contributed by atoms with Gasteiger partial charge in [-0.2, -0.15) is 0 Å². The lowest BCUT2D eigenvalue weighted by Crippen LogP contribution is -2.41. The second kappa shape index (κ2) is 12.7. The number of benzene rings is 1. The number of hydrogen-bond donors (Lipinski definition) is 3. The van der Waals surface area contributed by atoms with Crippen molar-refractivity contribution in [3.05, 3.63) is 30.3 Å². The number of nitrogens with one attached hydrogen (secondary N) is 2. The van der Waals surface area contributed by atoms with Crippen LogP contribution < -0.4 is 16.4 Å². The predicted octanol–water partition coefficient (Wildman–Crippen LogP) is 2.31. The lowest BCUT2D eigenvalue weighted by atomic mass is 9.96. The van der Waals surface area contributed by atoms with Crippen LogP contribution in [0.4, 0.5) is 0 Å². The Morgan fingerprint density at radius 2 is 1.96 bits per heavy atom. The quantitative estimate of drug-likeness (QED) is 0.241. The third kappa shape index (κ3) is 8.52. The van der Waals surface area contributed by atoms with Crippen molar-refractivity contribution in [2.75, 3.05) is 39.8 Å². The number of aliphatic imine (C=N–C) groups is 1. The van der Waals surface area contributed by atoms with E-state index in [1.807, 2.05) is 24.9 Å². The molecule has 0 saturated carbocycles. The summed E-state index contributed by atoms with van der Waals surface area (Å²) in [5, 5.41) is 7.27. The van der Waals surface area contributed by atoms with Gasteiger partial charge >= 0.3 is 0 Å². The summed E-state index contributed by atoms with van der Waals surface area (Å²) >= 11 is 1.87. The van der Waals surface area contributed by atoms with E-state index in [9.17, 15) is 4.79 Å². The summed E-state index contributed by atoms with van der Waals surface area (Å²) in [6.07, 6.45) is 4.06. The molecular formula is C21H35N5OS. The van der Waals surface area contributed by atoms with Crippen LogP contribution in [0.1, 0.15) is 32.6 Å². The number of nitrogens with zero attached hydrogens (tertiary/aromatic N) is 2. The zero-order valence-electron chi connectivity index (χ0n) is 17.2. The first-order valence-corrected chi connectivity index (χ1v) is 11.1. The molecule has 1 atom stereocenters. The molecule has 0 aromatic heterocycles. The first-order chi connectivity index (χ1) is 13.6. The van der Waals surface area contributed by atoms with E-state index in [0.717, 1.165) is 64.4 Å².